The van der Waals surface area contributed by atoms with E-state index in [1.54, 1.807) is 19.1 Å². The van der Waals surface area contributed by atoms with Crippen LogP contribution in [0.25, 0.3) is 0 Å². The quantitative estimate of drug-likeness (QED) is 0.844. The van der Waals surface area contributed by atoms with E-state index in [1.165, 1.54) is 0 Å². The molecule has 110 valence electrons. The van der Waals surface area contributed by atoms with E-state index < -0.39 is 5.97 Å². The largest absolute Gasteiger partial charge is 0.478 e. The van der Waals surface area contributed by atoms with E-state index in [0.29, 0.717) is 18.1 Å². The molecule has 1 aromatic rings. The van der Waals surface area contributed by atoms with Crippen molar-refractivity contribution in [3.05, 3.63) is 23.4 Å². The zero-order valence-electron chi connectivity index (χ0n) is 11.9. The van der Waals surface area contributed by atoms with Crippen molar-refractivity contribution in [1.29, 1.82) is 0 Å². The number of carboxylic acid groups (broad SMARTS) is 1. The fourth-order valence-corrected chi connectivity index (χ4v) is 2.30. The maximum atomic E-state index is 10.9. The van der Waals surface area contributed by atoms with Crippen LogP contribution in [0.1, 0.15) is 23.0 Å². The highest BCUT2D eigenvalue weighted by Gasteiger charge is 2.19. The molecule has 20 heavy (non-hydrogen) atoms. The number of hydrogen-bond acceptors (Lipinski definition) is 5. The number of nitrogens with zero attached hydrogens (tertiary/aromatic N) is 2. The number of aryl methyl sites for hydroxylation is 1. The van der Waals surface area contributed by atoms with Gasteiger partial charge in [0.25, 0.3) is 0 Å². The van der Waals surface area contributed by atoms with Crippen molar-refractivity contribution in [2.24, 2.45) is 0 Å². The van der Waals surface area contributed by atoms with Gasteiger partial charge in [-0.25, -0.2) is 9.78 Å². The van der Waals surface area contributed by atoms with Crippen LogP contribution >= 0.6 is 0 Å². The van der Waals surface area contributed by atoms with E-state index in [9.17, 15) is 4.79 Å². The number of carbonyl (C=O) groups is 1. The molecular formula is C14H21N3O3. The minimum absolute atomic E-state index is 0.143. The number of pyridine rings is 1. The van der Waals surface area contributed by atoms with Crippen molar-refractivity contribution < 1.29 is 14.6 Å². The third-order valence-electron chi connectivity index (χ3n) is 3.50. The van der Waals surface area contributed by atoms with E-state index in [-0.39, 0.29) is 11.7 Å². The molecule has 0 saturated carbocycles. The van der Waals surface area contributed by atoms with Crippen LogP contribution in [0.5, 0.6) is 0 Å². The highest BCUT2D eigenvalue weighted by molar-refractivity contribution is 5.89. The summed E-state index contributed by atoms with van der Waals surface area (Å²) >= 11 is 0. The van der Waals surface area contributed by atoms with Gasteiger partial charge in [0.2, 0.25) is 0 Å². The summed E-state index contributed by atoms with van der Waals surface area (Å²) < 4.78 is 5.70. The summed E-state index contributed by atoms with van der Waals surface area (Å²) in [4.78, 5) is 17.5. The predicted octanol–water partition coefficient (Wildman–Crippen LogP) is 1.22. The Labute approximate surface area is 118 Å². The first-order valence-electron chi connectivity index (χ1n) is 6.89. The van der Waals surface area contributed by atoms with Gasteiger partial charge in [0, 0.05) is 19.6 Å². The van der Waals surface area contributed by atoms with Gasteiger partial charge in [-0.2, -0.15) is 0 Å². The number of aromatic carboxylic acids is 1. The SMILES string of the molecule is CCN1CCOC(CNc2ccc(C(=O)O)c(C)n2)C1. The lowest BCUT2D eigenvalue weighted by Crippen LogP contribution is -2.45. The van der Waals surface area contributed by atoms with Crippen molar-refractivity contribution in [1.82, 2.24) is 9.88 Å². The number of rotatable bonds is 5. The van der Waals surface area contributed by atoms with E-state index in [1.807, 2.05) is 0 Å². The van der Waals surface area contributed by atoms with Gasteiger partial charge in [0.05, 0.1) is 24.0 Å². The Morgan fingerprint density at radius 3 is 3.05 bits per heavy atom. The second-order valence-corrected chi connectivity index (χ2v) is 4.90. The number of likely N-dealkylation sites (N-methyl/N-ethyl adjacent to an activating group) is 1. The maximum Gasteiger partial charge on any atom is 0.337 e. The summed E-state index contributed by atoms with van der Waals surface area (Å²) in [5, 5.41) is 12.2. The number of morpholine rings is 1. The van der Waals surface area contributed by atoms with Gasteiger partial charge in [-0.3, -0.25) is 4.90 Å². The molecule has 1 unspecified atom stereocenters. The van der Waals surface area contributed by atoms with Crippen molar-refractivity contribution in [2.45, 2.75) is 20.0 Å². The third-order valence-corrected chi connectivity index (χ3v) is 3.50. The third kappa shape index (κ3) is 3.68. The van der Waals surface area contributed by atoms with Crippen LogP contribution in [-0.4, -0.2) is 59.8 Å². The molecule has 1 aliphatic rings. The molecule has 1 saturated heterocycles. The molecule has 2 heterocycles. The Morgan fingerprint density at radius 2 is 2.40 bits per heavy atom. The molecule has 0 radical (unpaired) electrons. The number of nitrogens with one attached hydrogen (secondary N) is 1. The first kappa shape index (κ1) is 14.7. The Bertz CT molecular complexity index is 479. The van der Waals surface area contributed by atoms with Crippen LogP contribution in [0.2, 0.25) is 0 Å². The highest BCUT2D eigenvalue weighted by atomic mass is 16.5. The Kier molecular flexibility index (Phi) is 4.92. The van der Waals surface area contributed by atoms with Gasteiger partial charge in [-0.1, -0.05) is 6.92 Å². The van der Waals surface area contributed by atoms with Gasteiger partial charge in [0.15, 0.2) is 0 Å². The average molecular weight is 279 g/mol. The summed E-state index contributed by atoms with van der Waals surface area (Å²) in [6.45, 7) is 8.20. The van der Waals surface area contributed by atoms with Gasteiger partial charge in [-0.15, -0.1) is 0 Å². The number of carboxylic acids is 1. The van der Waals surface area contributed by atoms with Crippen LogP contribution in [-0.2, 0) is 4.74 Å². The van der Waals surface area contributed by atoms with Gasteiger partial charge in [0.1, 0.15) is 5.82 Å². The van der Waals surface area contributed by atoms with Crippen LogP contribution in [0.4, 0.5) is 5.82 Å². The summed E-state index contributed by atoms with van der Waals surface area (Å²) in [6.07, 6.45) is 0.143. The number of aromatic nitrogens is 1. The summed E-state index contributed by atoms with van der Waals surface area (Å²) in [7, 11) is 0. The summed E-state index contributed by atoms with van der Waals surface area (Å²) in [5.74, 6) is -0.263. The van der Waals surface area contributed by atoms with E-state index in [4.69, 9.17) is 9.84 Å². The molecule has 0 aromatic carbocycles. The molecule has 2 N–H and O–H groups in total. The number of anilines is 1. The van der Waals surface area contributed by atoms with Crippen LogP contribution < -0.4 is 5.32 Å². The lowest BCUT2D eigenvalue weighted by atomic mass is 10.2. The Hall–Kier alpha value is -1.66. The number of ether oxygens (including phenoxy) is 1. The van der Waals surface area contributed by atoms with Gasteiger partial charge >= 0.3 is 5.97 Å². The normalized spacial score (nSPS) is 19.8. The molecule has 6 heteroatoms. The Morgan fingerprint density at radius 1 is 1.60 bits per heavy atom. The van der Waals surface area contributed by atoms with Crippen molar-refractivity contribution in [2.75, 3.05) is 38.1 Å². The molecule has 1 aromatic heterocycles. The van der Waals surface area contributed by atoms with Crippen molar-refractivity contribution >= 4 is 11.8 Å². The molecule has 0 bridgehead atoms. The molecule has 0 amide bonds. The monoisotopic (exact) mass is 279 g/mol. The van der Waals surface area contributed by atoms with Gasteiger partial charge in [-0.05, 0) is 25.6 Å². The van der Waals surface area contributed by atoms with E-state index >= 15 is 0 Å². The van der Waals surface area contributed by atoms with Crippen molar-refractivity contribution in [3.8, 4) is 0 Å². The molecule has 1 fully saturated rings. The molecule has 1 aliphatic heterocycles. The maximum absolute atomic E-state index is 10.9. The first-order valence-corrected chi connectivity index (χ1v) is 6.89. The smallest absolute Gasteiger partial charge is 0.337 e. The highest BCUT2D eigenvalue weighted by Crippen LogP contribution is 2.12. The lowest BCUT2D eigenvalue weighted by molar-refractivity contribution is -0.0192. The fraction of sp³-hybridized carbons (Fsp3) is 0.571. The zero-order chi connectivity index (χ0) is 14.5. The standard InChI is InChI=1S/C14H21N3O3/c1-3-17-6-7-20-11(9-17)8-15-13-5-4-12(14(18)19)10(2)16-13/h4-5,11H,3,6-9H2,1-2H3,(H,15,16)(H,18,19). The molecule has 6 nitrogen and oxygen atoms in total. The lowest BCUT2D eigenvalue weighted by Gasteiger charge is -2.32. The van der Waals surface area contributed by atoms with Crippen LogP contribution in [0.3, 0.4) is 0 Å². The summed E-state index contributed by atoms with van der Waals surface area (Å²) in [6, 6.07) is 3.27. The predicted molar refractivity (Wildman–Crippen MR) is 76.3 cm³/mol. The van der Waals surface area contributed by atoms with E-state index in [2.05, 4.69) is 22.1 Å². The Balaban J connectivity index is 1.91. The molecule has 2 rings (SSSR count). The van der Waals surface area contributed by atoms with Crippen LogP contribution in [0.15, 0.2) is 12.1 Å². The average Bonchev–Trinajstić information content (AvgIpc) is 2.45. The van der Waals surface area contributed by atoms with Crippen molar-refractivity contribution in [3.63, 3.8) is 0 Å². The minimum atomic E-state index is -0.948. The van der Waals surface area contributed by atoms with Crippen LogP contribution in [0, 0.1) is 6.92 Å². The number of hydrogen-bond donors (Lipinski definition) is 2. The fourth-order valence-electron chi connectivity index (χ4n) is 2.30. The topological polar surface area (TPSA) is 74.7 Å². The summed E-state index contributed by atoms with van der Waals surface area (Å²) in [5.41, 5.74) is 0.754. The van der Waals surface area contributed by atoms with E-state index in [0.717, 1.165) is 26.2 Å². The zero-order valence-corrected chi connectivity index (χ0v) is 11.9. The molecule has 0 spiro atoms. The van der Waals surface area contributed by atoms with Gasteiger partial charge < -0.3 is 15.2 Å². The molecule has 1 atom stereocenters. The first-order chi connectivity index (χ1) is 9.60. The molecule has 0 aliphatic carbocycles. The second-order valence-electron chi connectivity index (χ2n) is 4.90. The minimum Gasteiger partial charge on any atom is -0.478 e. The molecular weight excluding hydrogens is 258 g/mol. The second kappa shape index (κ2) is 6.67.